The smallest absolute Gasteiger partial charge is 0.264 e. The van der Waals surface area contributed by atoms with Crippen LogP contribution in [-0.2, 0) is 14.9 Å². The second-order valence-corrected chi connectivity index (χ2v) is 8.94. The zero-order valence-corrected chi connectivity index (χ0v) is 18.1. The van der Waals surface area contributed by atoms with Crippen LogP contribution in [0, 0.1) is 0 Å². The molecule has 27 heavy (non-hydrogen) atoms. The third-order valence-electron chi connectivity index (χ3n) is 4.62. The Morgan fingerprint density at radius 2 is 1.33 bits per heavy atom. The van der Waals surface area contributed by atoms with E-state index in [1.807, 2.05) is 6.08 Å². The highest BCUT2D eigenvalue weighted by Crippen LogP contribution is 2.12. The average Bonchev–Trinajstić information content (AvgIpc) is 2.60. The monoisotopic (exact) mass is 403 g/mol. The summed E-state index contributed by atoms with van der Waals surface area (Å²) < 4.78 is 29.7. The van der Waals surface area contributed by atoms with E-state index in [9.17, 15) is 13.2 Å². The van der Waals surface area contributed by atoms with E-state index in [0.717, 1.165) is 12.8 Å². The third kappa shape index (κ3) is 23.1. The van der Waals surface area contributed by atoms with Gasteiger partial charge in [0.2, 0.25) is 5.91 Å². The average molecular weight is 404 g/mol. The summed E-state index contributed by atoms with van der Waals surface area (Å²) in [5, 5.41) is 2.71. The Morgan fingerprint density at radius 1 is 0.815 bits per heavy atom. The lowest BCUT2D eigenvalue weighted by Crippen LogP contribution is -2.22. The molecule has 0 aromatic carbocycles. The van der Waals surface area contributed by atoms with Gasteiger partial charge in [-0.15, -0.1) is 0 Å². The van der Waals surface area contributed by atoms with Gasteiger partial charge >= 0.3 is 0 Å². The first kappa shape index (κ1) is 26.1. The molecule has 0 unspecified atom stereocenters. The van der Waals surface area contributed by atoms with Gasteiger partial charge in [0.25, 0.3) is 10.1 Å². The van der Waals surface area contributed by atoms with E-state index in [1.54, 1.807) is 6.08 Å². The van der Waals surface area contributed by atoms with Crippen LogP contribution >= 0.6 is 0 Å². The largest absolute Gasteiger partial charge is 0.353 e. The Bertz CT molecular complexity index is 475. The Hall–Kier alpha value is -0.880. The minimum absolute atomic E-state index is 0.138. The summed E-state index contributed by atoms with van der Waals surface area (Å²) in [6.45, 7) is 2.68. The molecule has 0 heterocycles. The molecule has 0 aromatic heterocycles. The van der Waals surface area contributed by atoms with Gasteiger partial charge in [-0.3, -0.25) is 9.35 Å². The van der Waals surface area contributed by atoms with Gasteiger partial charge in [-0.2, -0.15) is 8.42 Å². The SMILES string of the molecule is CCCCCCCCCCCCCC/C=C/C(=O)NCCCCS(=O)(=O)O. The van der Waals surface area contributed by atoms with Crippen molar-refractivity contribution in [2.24, 2.45) is 0 Å². The number of hydrogen-bond acceptors (Lipinski definition) is 3. The van der Waals surface area contributed by atoms with E-state index in [-0.39, 0.29) is 11.7 Å². The molecule has 2 N–H and O–H groups in total. The van der Waals surface area contributed by atoms with E-state index >= 15 is 0 Å². The van der Waals surface area contributed by atoms with Crippen LogP contribution < -0.4 is 5.32 Å². The van der Waals surface area contributed by atoms with Crippen molar-refractivity contribution in [3.8, 4) is 0 Å². The van der Waals surface area contributed by atoms with E-state index in [0.29, 0.717) is 19.4 Å². The molecule has 160 valence electrons. The van der Waals surface area contributed by atoms with Gasteiger partial charge in [-0.1, -0.05) is 83.6 Å². The molecule has 0 aliphatic carbocycles. The molecular weight excluding hydrogens is 362 g/mol. The van der Waals surface area contributed by atoms with Crippen LogP contribution in [0.4, 0.5) is 0 Å². The quantitative estimate of drug-likeness (QED) is 0.171. The van der Waals surface area contributed by atoms with E-state index in [2.05, 4.69) is 12.2 Å². The van der Waals surface area contributed by atoms with Gasteiger partial charge in [0, 0.05) is 6.54 Å². The standard InChI is InChI=1S/C21H41NO4S/c1-2-3-4-5-6-7-8-9-10-11-12-13-14-15-18-21(23)22-19-16-17-20-27(24,25)26/h15,18H,2-14,16-17,19-20H2,1H3,(H,22,23)(H,24,25,26)/b18-15+. The number of rotatable bonds is 19. The fourth-order valence-electron chi connectivity index (χ4n) is 2.97. The topological polar surface area (TPSA) is 83.5 Å². The van der Waals surface area contributed by atoms with Crippen LogP contribution in [0.2, 0.25) is 0 Å². The first-order valence-electron chi connectivity index (χ1n) is 10.8. The van der Waals surface area contributed by atoms with E-state index < -0.39 is 10.1 Å². The fourth-order valence-corrected chi connectivity index (χ4v) is 3.54. The maximum atomic E-state index is 11.6. The summed E-state index contributed by atoms with van der Waals surface area (Å²) in [5.41, 5.74) is 0. The summed E-state index contributed by atoms with van der Waals surface area (Å²) in [6, 6.07) is 0. The maximum Gasteiger partial charge on any atom is 0.264 e. The Balaban J connectivity index is 3.31. The lowest BCUT2D eigenvalue weighted by Gasteiger charge is -2.02. The minimum Gasteiger partial charge on any atom is -0.353 e. The summed E-state index contributed by atoms with van der Waals surface area (Å²) >= 11 is 0. The molecular formula is C21H41NO4S. The summed E-state index contributed by atoms with van der Waals surface area (Å²) in [5.74, 6) is -0.390. The molecule has 0 rings (SSSR count). The summed E-state index contributed by atoms with van der Waals surface area (Å²) in [6.07, 6.45) is 21.2. The van der Waals surface area contributed by atoms with Crippen LogP contribution in [0.3, 0.4) is 0 Å². The second-order valence-electron chi connectivity index (χ2n) is 7.36. The van der Waals surface area contributed by atoms with Gasteiger partial charge < -0.3 is 5.32 Å². The number of hydrogen-bond donors (Lipinski definition) is 2. The third-order valence-corrected chi connectivity index (χ3v) is 5.43. The molecule has 0 radical (unpaired) electrons. The second kappa shape index (κ2) is 18.5. The molecule has 0 saturated carbocycles. The van der Waals surface area contributed by atoms with Crippen molar-refractivity contribution in [1.82, 2.24) is 5.32 Å². The van der Waals surface area contributed by atoms with Gasteiger partial charge in [0.15, 0.2) is 0 Å². The van der Waals surface area contributed by atoms with Crippen molar-refractivity contribution in [3.05, 3.63) is 12.2 Å². The predicted octanol–water partition coefficient (Wildman–Crippen LogP) is 5.42. The van der Waals surface area contributed by atoms with E-state index in [1.165, 1.54) is 70.6 Å². The van der Waals surface area contributed by atoms with Crippen molar-refractivity contribution in [1.29, 1.82) is 0 Å². The van der Waals surface area contributed by atoms with Gasteiger partial charge in [0.1, 0.15) is 0 Å². The summed E-state index contributed by atoms with van der Waals surface area (Å²) in [7, 11) is -3.89. The molecule has 0 saturated heterocycles. The number of allylic oxidation sites excluding steroid dienone is 1. The van der Waals surface area contributed by atoms with Gasteiger partial charge in [-0.25, -0.2) is 0 Å². The molecule has 0 bridgehead atoms. The highest BCUT2D eigenvalue weighted by molar-refractivity contribution is 7.85. The van der Waals surface area contributed by atoms with Crippen LogP contribution in [0.1, 0.15) is 103 Å². The van der Waals surface area contributed by atoms with Gasteiger partial charge in [-0.05, 0) is 31.8 Å². The number of nitrogens with one attached hydrogen (secondary N) is 1. The lowest BCUT2D eigenvalue weighted by molar-refractivity contribution is -0.116. The van der Waals surface area contributed by atoms with Crippen molar-refractivity contribution in [2.75, 3.05) is 12.3 Å². The van der Waals surface area contributed by atoms with Gasteiger partial charge in [0.05, 0.1) is 5.75 Å². The molecule has 0 aliphatic heterocycles. The van der Waals surface area contributed by atoms with Crippen molar-refractivity contribution >= 4 is 16.0 Å². The van der Waals surface area contributed by atoms with Crippen LogP contribution in [-0.4, -0.2) is 31.2 Å². The minimum atomic E-state index is -3.89. The number of unbranched alkanes of at least 4 members (excludes halogenated alkanes) is 13. The van der Waals surface area contributed by atoms with Crippen molar-refractivity contribution in [2.45, 2.75) is 103 Å². The fraction of sp³-hybridized carbons (Fsp3) is 0.857. The highest BCUT2D eigenvalue weighted by atomic mass is 32.2. The molecule has 6 heteroatoms. The molecule has 0 atom stereocenters. The number of amides is 1. The van der Waals surface area contributed by atoms with Crippen LogP contribution in [0.15, 0.2) is 12.2 Å². The van der Waals surface area contributed by atoms with Crippen molar-refractivity contribution in [3.63, 3.8) is 0 Å². The Kier molecular flexibility index (Phi) is 17.9. The molecule has 5 nitrogen and oxygen atoms in total. The molecule has 0 fully saturated rings. The molecule has 1 amide bonds. The lowest BCUT2D eigenvalue weighted by atomic mass is 10.0. The van der Waals surface area contributed by atoms with Crippen LogP contribution in [0.25, 0.3) is 0 Å². The summed E-state index contributed by atoms with van der Waals surface area (Å²) in [4.78, 5) is 11.6. The number of carbonyl (C=O) groups is 1. The molecule has 0 aromatic rings. The van der Waals surface area contributed by atoms with Crippen LogP contribution in [0.5, 0.6) is 0 Å². The predicted molar refractivity (Wildman–Crippen MR) is 113 cm³/mol. The Morgan fingerprint density at radius 3 is 1.85 bits per heavy atom. The first-order chi connectivity index (χ1) is 13.0. The molecule has 0 aliphatic rings. The Labute approximate surface area is 167 Å². The number of carbonyl (C=O) groups excluding carboxylic acids is 1. The maximum absolute atomic E-state index is 11.6. The normalized spacial score (nSPS) is 11.9. The first-order valence-corrected chi connectivity index (χ1v) is 12.5. The van der Waals surface area contributed by atoms with Crippen molar-refractivity contribution < 1.29 is 17.8 Å². The van der Waals surface area contributed by atoms with E-state index in [4.69, 9.17) is 4.55 Å². The zero-order valence-electron chi connectivity index (χ0n) is 17.3. The highest BCUT2D eigenvalue weighted by Gasteiger charge is 2.03. The zero-order chi connectivity index (χ0) is 20.2. The molecule has 0 spiro atoms.